The molecule has 1 aliphatic carbocycles. The molecule has 0 aromatic rings. The van der Waals surface area contributed by atoms with Crippen LogP contribution in [0.15, 0.2) is 0 Å². The second-order valence-electron chi connectivity index (χ2n) is 5.44. The van der Waals surface area contributed by atoms with Gasteiger partial charge in [-0.05, 0) is 19.3 Å². The summed E-state index contributed by atoms with van der Waals surface area (Å²) in [6.07, 6.45) is 1.78. The van der Waals surface area contributed by atoms with E-state index in [9.17, 15) is 4.79 Å². The fourth-order valence-electron chi connectivity index (χ4n) is 2.25. The van der Waals surface area contributed by atoms with Gasteiger partial charge in [-0.25, -0.2) is 0 Å². The Morgan fingerprint density at radius 3 is 2.74 bits per heavy atom. The Bertz CT molecular complexity index is 271. The summed E-state index contributed by atoms with van der Waals surface area (Å²) in [4.78, 5) is 11.5. The van der Waals surface area contributed by atoms with E-state index in [4.69, 9.17) is 9.47 Å². The van der Waals surface area contributed by atoms with Crippen LogP contribution in [0.5, 0.6) is 0 Å². The van der Waals surface area contributed by atoms with Gasteiger partial charge in [-0.3, -0.25) is 4.79 Å². The average Bonchev–Trinajstić information content (AvgIpc) is 2.34. The van der Waals surface area contributed by atoms with Crippen LogP contribution >= 0.6 is 0 Å². The maximum Gasteiger partial charge on any atom is 0.221 e. The van der Waals surface area contributed by atoms with Crippen molar-refractivity contribution in [1.82, 2.24) is 10.6 Å². The molecule has 1 aliphatic rings. The Hall–Kier alpha value is -0.650. The third-order valence-corrected chi connectivity index (χ3v) is 3.37. The first-order chi connectivity index (χ1) is 9.08. The van der Waals surface area contributed by atoms with Crippen LogP contribution in [-0.4, -0.2) is 51.0 Å². The molecule has 5 heteroatoms. The molecule has 3 atom stereocenters. The number of rotatable bonds is 9. The van der Waals surface area contributed by atoms with E-state index in [1.807, 2.05) is 6.92 Å². The molecule has 19 heavy (non-hydrogen) atoms. The van der Waals surface area contributed by atoms with Crippen molar-refractivity contribution in [1.29, 1.82) is 0 Å². The molecule has 0 saturated heterocycles. The van der Waals surface area contributed by atoms with Crippen molar-refractivity contribution in [3.05, 3.63) is 0 Å². The molecule has 3 unspecified atom stereocenters. The van der Waals surface area contributed by atoms with Crippen molar-refractivity contribution < 1.29 is 14.3 Å². The maximum absolute atomic E-state index is 11.5. The van der Waals surface area contributed by atoms with Gasteiger partial charge in [0.1, 0.15) is 0 Å². The smallest absolute Gasteiger partial charge is 0.221 e. The number of amides is 1. The highest BCUT2D eigenvalue weighted by molar-refractivity contribution is 5.76. The third-order valence-electron chi connectivity index (χ3n) is 3.37. The predicted molar refractivity (Wildman–Crippen MR) is 75.1 cm³/mol. The zero-order valence-electron chi connectivity index (χ0n) is 12.6. The summed E-state index contributed by atoms with van der Waals surface area (Å²) in [6, 6.07) is 0.305. The molecule has 0 heterocycles. The van der Waals surface area contributed by atoms with Crippen LogP contribution in [0.25, 0.3) is 0 Å². The number of methoxy groups -OCH3 is 1. The Kier molecular flexibility index (Phi) is 7.34. The quantitative estimate of drug-likeness (QED) is 0.655. The SMILES string of the molecule is CCOC1CC(NCCC(=O)NCC(C)C)C1OC. The van der Waals surface area contributed by atoms with Crippen LogP contribution in [0.4, 0.5) is 0 Å². The fourth-order valence-corrected chi connectivity index (χ4v) is 2.25. The summed E-state index contributed by atoms with van der Waals surface area (Å²) in [7, 11) is 1.71. The second kappa shape index (κ2) is 8.51. The molecule has 5 nitrogen and oxygen atoms in total. The van der Waals surface area contributed by atoms with Crippen LogP contribution in [0, 0.1) is 5.92 Å². The standard InChI is InChI=1S/C14H28N2O3/c1-5-19-12-8-11(14(12)18-4)15-7-6-13(17)16-9-10(2)3/h10-12,14-15H,5-9H2,1-4H3,(H,16,17). The molecule has 0 aromatic carbocycles. The molecule has 1 rings (SSSR count). The minimum atomic E-state index is 0.107. The summed E-state index contributed by atoms with van der Waals surface area (Å²) in [5.41, 5.74) is 0. The van der Waals surface area contributed by atoms with Gasteiger partial charge in [0.2, 0.25) is 5.91 Å². The number of nitrogens with one attached hydrogen (secondary N) is 2. The average molecular weight is 272 g/mol. The molecule has 0 spiro atoms. The number of carbonyl (C=O) groups excluding carboxylic acids is 1. The Morgan fingerprint density at radius 2 is 2.16 bits per heavy atom. The molecule has 0 radical (unpaired) electrons. The van der Waals surface area contributed by atoms with Crippen molar-refractivity contribution in [2.75, 3.05) is 26.8 Å². The predicted octanol–water partition coefficient (Wildman–Crippen LogP) is 0.931. The minimum absolute atomic E-state index is 0.107. The zero-order valence-corrected chi connectivity index (χ0v) is 12.6. The lowest BCUT2D eigenvalue weighted by molar-refractivity contribution is -0.132. The van der Waals surface area contributed by atoms with Crippen molar-refractivity contribution in [2.45, 2.75) is 51.9 Å². The van der Waals surface area contributed by atoms with E-state index in [0.29, 0.717) is 24.9 Å². The van der Waals surface area contributed by atoms with E-state index >= 15 is 0 Å². The number of hydrogen-bond donors (Lipinski definition) is 2. The first kappa shape index (κ1) is 16.4. The van der Waals surface area contributed by atoms with Crippen LogP contribution < -0.4 is 10.6 Å². The lowest BCUT2D eigenvalue weighted by Crippen LogP contribution is -2.60. The third kappa shape index (κ3) is 5.47. The topological polar surface area (TPSA) is 59.6 Å². The molecule has 0 aromatic heterocycles. The van der Waals surface area contributed by atoms with Gasteiger partial charge in [-0.1, -0.05) is 13.8 Å². The molecular weight excluding hydrogens is 244 g/mol. The summed E-state index contributed by atoms with van der Waals surface area (Å²) in [5, 5.41) is 6.27. The van der Waals surface area contributed by atoms with Crippen LogP contribution in [0.1, 0.15) is 33.6 Å². The minimum Gasteiger partial charge on any atom is -0.377 e. The van der Waals surface area contributed by atoms with Gasteiger partial charge >= 0.3 is 0 Å². The normalized spacial score (nSPS) is 26.3. The maximum atomic E-state index is 11.5. The van der Waals surface area contributed by atoms with Gasteiger partial charge in [0.15, 0.2) is 0 Å². The van der Waals surface area contributed by atoms with Crippen LogP contribution in [0.3, 0.4) is 0 Å². The van der Waals surface area contributed by atoms with E-state index in [1.165, 1.54) is 0 Å². The van der Waals surface area contributed by atoms with E-state index in [2.05, 4.69) is 24.5 Å². The van der Waals surface area contributed by atoms with Gasteiger partial charge in [0, 0.05) is 39.3 Å². The molecule has 1 amide bonds. The molecule has 112 valence electrons. The lowest BCUT2D eigenvalue weighted by Gasteiger charge is -2.43. The van der Waals surface area contributed by atoms with Crippen molar-refractivity contribution in [2.24, 2.45) is 5.92 Å². The zero-order chi connectivity index (χ0) is 14.3. The Labute approximate surface area is 116 Å². The molecular formula is C14H28N2O3. The highest BCUT2D eigenvalue weighted by atomic mass is 16.5. The highest BCUT2D eigenvalue weighted by Crippen LogP contribution is 2.26. The van der Waals surface area contributed by atoms with Gasteiger partial charge in [-0.15, -0.1) is 0 Å². The lowest BCUT2D eigenvalue weighted by atomic mass is 9.85. The Morgan fingerprint density at radius 1 is 1.42 bits per heavy atom. The first-order valence-corrected chi connectivity index (χ1v) is 7.23. The molecule has 0 aliphatic heterocycles. The second-order valence-corrected chi connectivity index (χ2v) is 5.44. The monoisotopic (exact) mass is 272 g/mol. The Balaban J connectivity index is 2.11. The van der Waals surface area contributed by atoms with Crippen molar-refractivity contribution in [3.8, 4) is 0 Å². The summed E-state index contributed by atoms with van der Waals surface area (Å²) >= 11 is 0. The molecule has 2 N–H and O–H groups in total. The fraction of sp³-hybridized carbons (Fsp3) is 0.929. The number of hydrogen-bond acceptors (Lipinski definition) is 4. The van der Waals surface area contributed by atoms with Gasteiger partial charge in [0.05, 0.1) is 12.2 Å². The molecule has 1 fully saturated rings. The van der Waals surface area contributed by atoms with Gasteiger partial charge < -0.3 is 20.1 Å². The highest BCUT2D eigenvalue weighted by Gasteiger charge is 2.41. The van der Waals surface area contributed by atoms with Crippen LogP contribution in [0.2, 0.25) is 0 Å². The van der Waals surface area contributed by atoms with Crippen molar-refractivity contribution in [3.63, 3.8) is 0 Å². The van der Waals surface area contributed by atoms with Gasteiger partial charge in [0.25, 0.3) is 0 Å². The number of carbonyl (C=O) groups is 1. The summed E-state index contributed by atoms with van der Waals surface area (Å²) in [5.74, 6) is 0.601. The van der Waals surface area contributed by atoms with E-state index in [1.54, 1.807) is 7.11 Å². The van der Waals surface area contributed by atoms with Crippen LogP contribution in [-0.2, 0) is 14.3 Å². The summed E-state index contributed by atoms with van der Waals surface area (Å²) in [6.45, 7) is 8.32. The van der Waals surface area contributed by atoms with Gasteiger partial charge in [-0.2, -0.15) is 0 Å². The molecule has 1 saturated carbocycles. The van der Waals surface area contributed by atoms with E-state index in [0.717, 1.165) is 19.6 Å². The summed E-state index contributed by atoms with van der Waals surface area (Å²) < 4.78 is 11.0. The largest absolute Gasteiger partial charge is 0.377 e. The van der Waals surface area contributed by atoms with Crippen molar-refractivity contribution >= 4 is 5.91 Å². The molecule has 0 bridgehead atoms. The van der Waals surface area contributed by atoms with E-state index in [-0.39, 0.29) is 18.1 Å². The van der Waals surface area contributed by atoms with E-state index < -0.39 is 0 Å². The number of ether oxygens (including phenoxy) is 2. The first-order valence-electron chi connectivity index (χ1n) is 7.23.